The third-order valence-corrected chi connectivity index (χ3v) is 3.87. The minimum Gasteiger partial charge on any atom is -0.465 e. The molecule has 1 saturated heterocycles. The number of piperidine rings is 1. The molecular weight excluding hydrogens is 288 g/mol. The third-order valence-electron chi connectivity index (χ3n) is 3.87. The van der Waals surface area contributed by atoms with E-state index in [1.54, 1.807) is 0 Å². The second-order valence-corrected chi connectivity index (χ2v) is 5.39. The number of amides is 2. The van der Waals surface area contributed by atoms with Crippen molar-refractivity contribution < 1.29 is 24.5 Å². The first-order valence-electron chi connectivity index (χ1n) is 7.12. The van der Waals surface area contributed by atoms with E-state index in [9.17, 15) is 14.7 Å². The van der Waals surface area contributed by atoms with Crippen LogP contribution < -0.4 is 5.32 Å². The number of likely N-dealkylation sites (tertiary alicyclic amines) is 1. The van der Waals surface area contributed by atoms with Gasteiger partial charge in [-0.3, -0.25) is 0 Å². The molecule has 0 saturated carbocycles. The summed E-state index contributed by atoms with van der Waals surface area (Å²) in [5, 5.41) is 21.2. The Bertz CT molecular complexity index is 512. The maximum Gasteiger partial charge on any atom is 0.407 e. The normalized spacial score (nSPS) is 16.9. The van der Waals surface area contributed by atoms with Crippen LogP contribution in [0.5, 0.6) is 0 Å². The van der Waals surface area contributed by atoms with Crippen LogP contribution in [0.15, 0.2) is 30.3 Å². The van der Waals surface area contributed by atoms with Crippen molar-refractivity contribution in [2.75, 3.05) is 19.7 Å². The number of alkyl carbamates (subject to hydrolysis) is 1. The number of hydrogen-bond acceptors (Lipinski definition) is 4. The highest BCUT2D eigenvalue weighted by Crippen LogP contribution is 2.22. The molecule has 1 heterocycles. The quantitative estimate of drug-likeness (QED) is 0.781. The van der Waals surface area contributed by atoms with Crippen molar-refractivity contribution in [2.24, 2.45) is 0 Å². The minimum atomic E-state index is -0.988. The summed E-state index contributed by atoms with van der Waals surface area (Å²) in [7, 11) is 0. The Morgan fingerprint density at radius 1 is 1.23 bits per heavy atom. The summed E-state index contributed by atoms with van der Waals surface area (Å²) in [6.07, 6.45) is -0.883. The SMILES string of the molecule is O=C(NC1(CO)CCN(C(=O)O)CC1)OCc1ccccc1. The zero-order valence-corrected chi connectivity index (χ0v) is 12.2. The molecule has 0 spiro atoms. The van der Waals surface area contributed by atoms with Gasteiger partial charge in [-0.1, -0.05) is 30.3 Å². The number of nitrogens with one attached hydrogen (secondary N) is 1. The van der Waals surface area contributed by atoms with Crippen LogP contribution in [0.25, 0.3) is 0 Å². The second-order valence-electron chi connectivity index (χ2n) is 5.39. The first kappa shape index (κ1) is 16.1. The van der Waals surface area contributed by atoms with Crippen molar-refractivity contribution in [3.8, 4) is 0 Å². The fraction of sp³-hybridized carbons (Fsp3) is 0.467. The smallest absolute Gasteiger partial charge is 0.407 e. The first-order valence-corrected chi connectivity index (χ1v) is 7.12. The zero-order chi connectivity index (χ0) is 16.0. The molecule has 1 aliphatic heterocycles. The van der Waals surface area contributed by atoms with E-state index >= 15 is 0 Å². The van der Waals surface area contributed by atoms with Gasteiger partial charge >= 0.3 is 12.2 Å². The molecule has 2 rings (SSSR count). The lowest BCUT2D eigenvalue weighted by atomic mass is 9.88. The van der Waals surface area contributed by atoms with Gasteiger partial charge in [0.1, 0.15) is 6.61 Å². The fourth-order valence-corrected chi connectivity index (χ4v) is 2.42. The number of benzene rings is 1. The average Bonchev–Trinajstić information content (AvgIpc) is 2.54. The molecule has 0 bridgehead atoms. The topological polar surface area (TPSA) is 99.1 Å². The number of nitrogens with zero attached hydrogens (tertiary/aromatic N) is 1. The number of aliphatic hydroxyl groups excluding tert-OH is 1. The number of carboxylic acid groups (broad SMARTS) is 1. The van der Waals surface area contributed by atoms with E-state index in [4.69, 9.17) is 9.84 Å². The molecule has 0 aliphatic carbocycles. The predicted molar refractivity (Wildman–Crippen MR) is 78.4 cm³/mol. The van der Waals surface area contributed by atoms with Crippen LogP contribution in [0, 0.1) is 0 Å². The minimum absolute atomic E-state index is 0.148. The first-order chi connectivity index (χ1) is 10.5. The Hall–Kier alpha value is -2.28. The van der Waals surface area contributed by atoms with Crippen LogP contribution >= 0.6 is 0 Å². The van der Waals surface area contributed by atoms with Gasteiger partial charge in [-0.15, -0.1) is 0 Å². The number of ether oxygens (including phenoxy) is 1. The summed E-state index contributed by atoms with van der Waals surface area (Å²) in [5.74, 6) is 0. The summed E-state index contributed by atoms with van der Waals surface area (Å²) in [5.41, 5.74) is 0.0519. The van der Waals surface area contributed by atoms with Crippen LogP contribution in [0.3, 0.4) is 0 Å². The number of carbonyl (C=O) groups is 2. The molecule has 120 valence electrons. The molecule has 1 aromatic rings. The lowest BCUT2D eigenvalue weighted by molar-refractivity contribution is 0.0632. The predicted octanol–water partition coefficient (Wildman–Crippen LogP) is 1.42. The highest BCUT2D eigenvalue weighted by molar-refractivity contribution is 5.69. The molecule has 0 radical (unpaired) electrons. The van der Waals surface area contributed by atoms with Crippen molar-refractivity contribution in [3.05, 3.63) is 35.9 Å². The molecule has 1 aromatic carbocycles. The van der Waals surface area contributed by atoms with Crippen LogP contribution in [-0.2, 0) is 11.3 Å². The average molecular weight is 308 g/mol. The van der Waals surface area contributed by atoms with E-state index in [2.05, 4.69) is 5.32 Å². The van der Waals surface area contributed by atoms with Crippen LogP contribution in [0.2, 0.25) is 0 Å². The molecule has 1 fully saturated rings. The van der Waals surface area contributed by atoms with Gasteiger partial charge in [0, 0.05) is 13.1 Å². The van der Waals surface area contributed by atoms with Crippen molar-refractivity contribution in [1.82, 2.24) is 10.2 Å². The van der Waals surface area contributed by atoms with Gasteiger partial charge in [-0.2, -0.15) is 0 Å². The van der Waals surface area contributed by atoms with Crippen LogP contribution in [-0.4, -0.2) is 52.5 Å². The molecule has 0 atom stereocenters. The molecule has 22 heavy (non-hydrogen) atoms. The Kier molecular flexibility index (Phi) is 5.21. The maximum atomic E-state index is 11.9. The Morgan fingerprint density at radius 2 is 1.86 bits per heavy atom. The van der Waals surface area contributed by atoms with Gasteiger partial charge in [0.15, 0.2) is 0 Å². The van der Waals surface area contributed by atoms with Gasteiger partial charge < -0.3 is 25.2 Å². The van der Waals surface area contributed by atoms with Crippen LogP contribution in [0.1, 0.15) is 18.4 Å². The Morgan fingerprint density at radius 3 is 2.41 bits per heavy atom. The summed E-state index contributed by atoms with van der Waals surface area (Å²) >= 11 is 0. The number of rotatable bonds is 4. The fourth-order valence-electron chi connectivity index (χ4n) is 2.42. The molecule has 2 amide bonds. The van der Waals surface area contributed by atoms with Gasteiger partial charge in [0.05, 0.1) is 12.1 Å². The van der Waals surface area contributed by atoms with Crippen molar-refractivity contribution in [1.29, 1.82) is 0 Å². The van der Waals surface area contributed by atoms with E-state index < -0.39 is 17.7 Å². The lowest BCUT2D eigenvalue weighted by Gasteiger charge is -2.39. The molecule has 0 aromatic heterocycles. The summed E-state index contributed by atoms with van der Waals surface area (Å²) in [4.78, 5) is 24.0. The van der Waals surface area contributed by atoms with E-state index in [1.807, 2.05) is 30.3 Å². The summed E-state index contributed by atoms with van der Waals surface area (Å²) in [6.45, 7) is 0.444. The highest BCUT2D eigenvalue weighted by atomic mass is 16.5. The molecule has 1 aliphatic rings. The van der Waals surface area contributed by atoms with Crippen LogP contribution in [0.4, 0.5) is 9.59 Å². The molecule has 7 nitrogen and oxygen atoms in total. The largest absolute Gasteiger partial charge is 0.465 e. The number of carbonyl (C=O) groups excluding carboxylic acids is 1. The van der Waals surface area contributed by atoms with E-state index in [0.717, 1.165) is 5.56 Å². The summed E-state index contributed by atoms with van der Waals surface area (Å²) in [6, 6.07) is 9.28. The number of aliphatic hydroxyl groups is 1. The van der Waals surface area contributed by atoms with Gasteiger partial charge in [0.25, 0.3) is 0 Å². The Labute approximate surface area is 128 Å². The lowest BCUT2D eigenvalue weighted by Crippen LogP contribution is -2.58. The second kappa shape index (κ2) is 7.13. The highest BCUT2D eigenvalue weighted by Gasteiger charge is 2.37. The van der Waals surface area contributed by atoms with Crippen molar-refractivity contribution in [3.63, 3.8) is 0 Å². The van der Waals surface area contributed by atoms with E-state index in [1.165, 1.54) is 4.90 Å². The zero-order valence-electron chi connectivity index (χ0n) is 12.2. The van der Waals surface area contributed by atoms with E-state index in [-0.39, 0.29) is 26.3 Å². The third kappa shape index (κ3) is 4.11. The molecule has 0 unspecified atom stereocenters. The van der Waals surface area contributed by atoms with E-state index in [0.29, 0.717) is 12.8 Å². The van der Waals surface area contributed by atoms with Gasteiger partial charge in [-0.25, -0.2) is 9.59 Å². The van der Waals surface area contributed by atoms with Gasteiger partial charge in [0.2, 0.25) is 0 Å². The molecular formula is C15H20N2O5. The monoisotopic (exact) mass is 308 g/mol. The molecule has 3 N–H and O–H groups in total. The standard InChI is InChI=1S/C15H20N2O5/c18-11-15(6-8-17(9-7-15)14(20)21)16-13(19)22-10-12-4-2-1-3-5-12/h1-5,18H,6-11H2,(H,16,19)(H,20,21). The van der Waals surface area contributed by atoms with Crippen molar-refractivity contribution in [2.45, 2.75) is 25.0 Å². The maximum absolute atomic E-state index is 11.9. The molecule has 7 heteroatoms. The summed E-state index contributed by atoms with van der Waals surface area (Å²) < 4.78 is 5.14. The van der Waals surface area contributed by atoms with Crippen molar-refractivity contribution >= 4 is 12.2 Å². The Balaban J connectivity index is 1.85. The number of hydrogen-bond donors (Lipinski definition) is 3. The van der Waals surface area contributed by atoms with Gasteiger partial charge in [-0.05, 0) is 18.4 Å².